The normalized spacial score (nSPS) is 22.5. The smallest absolute Gasteiger partial charge is 0.142 e. The summed E-state index contributed by atoms with van der Waals surface area (Å²) in [5.41, 5.74) is 7.91. The van der Waals surface area contributed by atoms with Crippen LogP contribution in [0.15, 0.2) is 12.1 Å². The number of anilines is 1. The van der Waals surface area contributed by atoms with Crippen molar-refractivity contribution in [2.75, 3.05) is 25.6 Å². The van der Waals surface area contributed by atoms with E-state index in [0.29, 0.717) is 12.0 Å². The lowest BCUT2D eigenvalue weighted by Gasteiger charge is -2.36. The molecule has 2 rings (SSSR count). The van der Waals surface area contributed by atoms with Crippen LogP contribution in [-0.4, -0.2) is 26.7 Å². The molecule has 1 fully saturated rings. The molecule has 0 bridgehead atoms. The van der Waals surface area contributed by atoms with Crippen LogP contribution in [0.2, 0.25) is 5.02 Å². The third-order valence-electron chi connectivity index (χ3n) is 3.68. The molecule has 1 aromatic rings. The summed E-state index contributed by atoms with van der Waals surface area (Å²) in [6.07, 6.45) is 2.23. The van der Waals surface area contributed by atoms with E-state index in [4.69, 9.17) is 22.1 Å². The lowest BCUT2D eigenvalue weighted by Crippen LogP contribution is -2.42. The molecule has 2 N–H and O–H groups in total. The van der Waals surface area contributed by atoms with Gasteiger partial charge < -0.3 is 15.4 Å². The number of rotatable bonds is 4. The number of ether oxygens (including phenoxy) is 1. The SMILES string of the molecule is COc1cc(C)c(Cl)cc1N(C)CC1CC(N)C1. The van der Waals surface area contributed by atoms with Gasteiger partial charge in [0.1, 0.15) is 5.75 Å². The quantitative estimate of drug-likeness (QED) is 0.913. The first-order valence-electron chi connectivity index (χ1n) is 6.32. The van der Waals surface area contributed by atoms with Crippen molar-refractivity contribution in [2.45, 2.75) is 25.8 Å². The van der Waals surface area contributed by atoms with E-state index in [1.165, 1.54) is 0 Å². The van der Waals surface area contributed by atoms with E-state index in [9.17, 15) is 0 Å². The van der Waals surface area contributed by atoms with Gasteiger partial charge in [0.25, 0.3) is 0 Å². The molecule has 4 heteroatoms. The maximum absolute atomic E-state index is 6.19. The summed E-state index contributed by atoms with van der Waals surface area (Å²) < 4.78 is 5.43. The molecule has 1 aromatic carbocycles. The number of aryl methyl sites for hydroxylation is 1. The minimum Gasteiger partial charge on any atom is -0.495 e. The molecule has 0 heterocycles. The Morgan fingerprint density at radius 3 is 2.67 bits per heavy atom. The fourth-order valence-electron chi connectivity index (χ4n) is 2.53. The van der Waals surface area contributed by atoms with E-state index in [1.807, 2.05) is 19.1 Å². The summed E-state index contributed by atoms with van der Waals surface area (Å²) in [4.78, 5) is 2.21. The average molecular weight is 269 g/mol. The van der Waals surface area contributed by atoms with Gasteiger partial charge in [0.2, 0.25) is 0 Å². The molecular formula is C14H21ClN2O. The molecule has 0 aliphatic heterocycles. The Hall–Kier alpha value is -0.930. The zero-order valence-electron chi connectivity index (χ0n) is 11.2. The van der Waals surface area contributed by atoms with Gasteiger partial charge in [-0.25, -0.2) is 0 Å². The van der Waals surface area contributed by atoms with Gasteiger partial charge >= 0.3 is 0 Å². The number of methoxy groups -OCH3 is 1. The first-order valence-corrected chi connectivity index (χ1v) is 6.70. The summed E-state index contributed by atoms with van der Waals surface area (Å²) in [7, 11) is 3.77. The molecule has 0 spiro atoms. The number of hydrogen-bond acceptors (Lipinski definition) is 3. The lowest BCUT2D eigenvalue weighted by molar-refractivity contribution is 0.270. The second-order valence-corrected chi connectivity index (χ2v) is 5.66. The molecule has 0 atom stereocenters. The first kappa shape index (κ1) is 13.5. The van der Waals surface area contributed by atoms with Gasteiger partial charge in [-0.3, -0.25) is 0 Å². The second kappa shape index (κ2) is 5.37. The van der Waals surface area contributed by atoms with Gasteiger partial charge in [-0.15, -0.1) is 0 Å². The van der Waals surface area contributed by atoms with Crippen LogP contribution in [0.1, 0.15) is 18.4 Å². The third-order valence-corrected chi connectivity index (χ3v) is 4.08. The highest BCUT2D eigenvalue weighted by atomic mass is 35.5. The van der Waals surface area contributed by atoms with Crippen molar-refractivity contribution in [2.24, 2.45) is 11.7 Å². The number of halogens is 1. The molecular weight excluding hydrogens is 248 g/mol. The Kier molecular flexibility index (Phi) is 4.03. The van der Waals surface area contributed by atoms with Gasteiger partial charge in [0.15, 0.2) is 0 Å². The lowest BCUT2D eigenvalue weighted by atomic mass is 9.80. The first-order chi connectivity index (χ1) is 8.51. The van der Waals surface area contributed by atoms with E-state index >= 15 is 0 Å². The number of benzene rings is 1. The van der Waals surface area contributed by atoms with Crippen molar-refractivity contribution in [1.29, 1.82) is 0 Å². The Balaban J connectivity index is 2.13. The fraction of sp³-hybridized carbons (Fsp3) is 0.571. The highest BCUT2D eigenvalue weighted by Crippen LogP contribution is 2.35. The van der Waals surface area contributed by atoms with E-state index < -0.39 is 0 Å². The maximum Gasteiger partial charge on any atom is 0.142 e. The molecule has 3 nitrogen and oxygen atoms in total. The monoisotopic (exact) mass is 268 g/mol. The minimum atomic E-state index is 0.395. The topological polar surface area (TPSA) is 38.5 Å². The summed E-state index contributed by atoms with van der Waals surface area (Å²) in [5.74, 6) is 1.57. The van der Waals surface area contributed by atoms with Gasteiger partial charge in [-0.1, -0.05) is 11.6 Å². The van der Waals surface area contributed by atoms with Crippen LogP contribution in [0.3, 0.4) is 0 Å². The molecule has 0 unspecified atom stereocenters. The van der Waals surface area contributed by atoms with Crippen molar-refractivity contribution in [3.63, 3.8) is 0 Å². The molecule has 18 heavy (non-hydrogen) atoms. The average Bonchev–Trinajstić information content (AvgIpc) is 2.30. The maximum atomic E-state index is 6.19. The van der Waals surface area contributed by atoms with Crippen molar-refractivity contribution < 1.29 is 4.74 Å². The van der Waals surface area contributed by atoms with Crippen LogP contribution in [0.25, 0.3) is 0 Å². The van der Waals surface area contributed by atoms with E-state index in [2.05, 4.69) is 11.9 Å². The summed E-state index contributed by atoms with van der Waals surface area (Å²) in [6.45, 7) is 2.99. The Morgan fingerprint density at radius 2 is 2.11 bits per heavy atom. The molecule has 0 aromatic heterocycles. The van der Waals surface area contributed by atoms with Gasteiger partial charge in [-0.2, -0.15) is 0 Å². The molecule has 0 saturated heterocycles. The van der Waals surface area contributed by atoms with Crippen LogP contribution in [0, 0.1) is 12.8 Å². The molecule has 0 radical (unpaired) electrons. The molecule has 100 valence electrons. The Labute approximate surface area is 114 Å². The van der Waals surface area contributed by atoms with Crippen molar-refractivity contribution in [1.82, 2.24) is 0 Å². The molecule has 1 aliphatic rings. The van der Waals surface area contributed by atoms with Crippen LogP contribution in [0.4, 0.5) is 5.69 Å². The van der Waals surface area contributed by atoms with Crippen LogP contribution in [-0.2, 0) is 0 Å². The zero-order valence-corrected chi connectivity index (χ0v) is 12.0. The predicted octanol–water partition coefficient (Wildman–Crippen LogP) is 2.83. The molecule has 1 saturated carbocycles. The van der Waals surface area contributed by atoms with Crippen molar-refractivity contribution >= 4 is 17.3 Å². The van der Waals surface area contributed by atoms with Crippen molar-refractivity contribution in [3.8, 4) is 5.75 Å². The van der Waals surface area contributed by atoms with E-state index in [-0.39, 0.29) is 0 Å². The summed E-state index contributed by atoms with van der Waals surface area (Å²) >= 11 is 6.19. The third kappa shape index (κ3) is 2.73. The number of nitrogens with two attached hydrogens (primary N) is 1. The van der Waals surface area contributed by atoms with Gasteiger partial charge in [-0.05, 0) is 43.4 Å². The van der Waals surface area contributed by atoms with Crippen LogP contribution in [0.5, 0.6) is 5.75 Å². The highest BCUT2D eigenvalue weighted by Gasteiger charge is 2.27. The Morgan fingerprint density at radius 1 is 1.44 bits per heavy atom. The standard InChI is InChI=1S/C14H21ClN2O/c1-9-4-14(18-3)13(7-12(9)15)17(2)8-10-5-11(16)6-10/h4,7,10-11H,5-6,8,16H2,1-3H3. The van der Waals surface area contributed by atoms with Crippen molar-refractivity contribution in [3.05, 3.63) is 22.7 Å². The number of hydrogen-bond donors (Lipinski definition) is 1. The van der Waals surface area contributed by atoms with Crippen LogP contribution < -0.4 is 15.4 Å². The Bertz CT molecular complexity index is 430. The molecule has 1 aliphatic carbocycles. The van der Waals surface area contributed by atoms with E-state index in [1.54, 1.807) is 7.11 Å². The van der Waals surface area contributed by atoms with Gasteiger partial charge in [0.05, 0.1) is 12.8 Å². The minimum absolute atomic E-state index is 0.395. The highest BCUT2D eigenvalue weighted by molar-refractivity contribution is 6.31. The molecule has 0 amide bonds. The second-order valence-electron chi connectivity index (χ2n) is 5.25. The van der Waals surface area contributed by atoms with Crippen LogP contribution >= 0.6 is 11.6 Å². The zero-order chi connectivity index (χ0) is 13.3. The summed E-state index contributed by atoms with van der Waals surface area (Å²) in [5, 5.41) is 0.781. The fourth-order valence-corrected chi connectivity index (χ4v) is 2.69. The van der Waals surface area contributed by atoms with Gasteiger partial charge in [0, 0.05) is 24.7 Å². The predicted molar refractivity (Wildman–Crippen MR) is 76.7 cm³/mol. The number of nitrogens with zero attached hydrogens (tertiary/aromatic N) is 1. The largest absolute Gasteiger partial charge is 0.495 e. The summed E-state index contributed by atoms with van der Waals surface area (Å²) in [6, 6.07) is 4.36. The van der Waals surface area contributed by atoms with E-state index in [0.717, 1.165) is 41.4 Å².